The van der Waals surface area contributed by atoms with Crippen molar-refractivity contribution >= 4 is 15.8 Å². The molecule has 0 aromatic carbocycles. The molecule has 0 atom stereocenters. The fraction of sp³-hybridized carbons (Fsp3) is 1.00. The maximum Gasteiger partial charge on any atom is 0.00753 e. The molecule has 2 heteroatoms. The van der Waals surface area contributed by atoms with Gasteiger partial charge >= 0.3 is 0 Å². The van der Waals surface area contributed by atoms with Gasteiger partial charge in [0.25, 0.3) is 0 Å². The third-order valence-electron chi connectivity index (χ3n) is 4.24. The molecule has 2 heterocycles. The van der Waals surface area contributed by atoms with E-state index in [9.17, 15) is 0 Å². The molecule has 2 saturated heterocycles. The van der Waals surface area contributed by atoms with Crippen LogP contribution in [-0.2, 0) is 0 Å². The Morgan fingerprint density at radius 1 is 0.857 bits per heavy atom. The van der Waals surface area contributed by atoms with E-state index >= 15 is 0 Å². The molecule has 0 aliphatic carbocycles. The predicted molar refractivity (Wildman–Crippen MR) is 70.5 cm³/mol. The molecule has 0 nitrogen and oxygen atoms in total. The first kappa shape index (κ1) is 11.3. The summed E-state index contributed by atoms with van der Waals surface area (Å²) in [5.41, 5.74) is 0. The lowest BCUT2D eigenvalue weighted by Crippen LogP contribution is -2.20. The highest BCUT2D eigenvalue weighted by molar-refractivity contribution is 7.77. The SMILES string of the molecule is CCC(C)(P1CCCC1)P1CCCC1. The van der Waals surface area contributed by atoms with Gasteiger partial charge in [-0.05, 0) is 56.8 Å². The van der Waals surface area contributed by atoms with Gasteiger partial charge in [0.05, 0.1) is 0 Å². The molecule has 0 saturated carbocycles. The summed E-state index contributed by atoms with van der Waals surface area (Å²) in [6.45, 7) is 5.11. The fourth-order valence-electron chi connectivity index (χ4n) is 3.04. The molecule has 82 valence electrons. The Labute approximate surface area is 91.7 Å². The quantitative estimate of drug-likeness (QED) is 0.618. The van der Waals surface area contributed by atoms with Gasteiger partial charge in [-0.1, -0.05) is 29.7 Å². The molecule has 0 aromatic heterocycles. The summed E-state index contributed by atoms with van der Waals surface area (Å²) in [5.74, 6) is 0. The first-order valence-electron chi connectivity index (χ1n) is 6.27. The summed E-state index contributed by atoms with van der Waals surface area (Å²) in [5, 5.41) is 0. The molecule has 0 unspecified atom stereocenters. The van der Waals surface area contributed by atoms with Crippen LogP contribution < -0.4 is 0 Å². The van der Waals surface area contributed by atoms with Gasteiger partial charge in [-0.2, -0.15) is 0 Å². The van der Waals surface area contributed by atoms with Crippen molar-refractivity contribution in [3.05, 3.63) is 0 Å². The van der Waals surface area contributed by atoms with Crippen molar-refractivity contribution in [1.82, 2.24) is 0 Å². The maximum absolute atomic E-state index is 2.65. The van der Waals surface area contributed by atoms with Crippen LogP contribution in [0.2, 0.25) is 0 Å². The van der Waals surface area contributed by atoms with Gasteiger partial charge in [-0.15, -0.1) is 0 Å². The second kappa shape index (κ2) is 4.80. The molecule has 2 rings (SSSR count). The predicted octanol–water partition coefficient (Wildman–Crippen LogP) is 4.66. The van der Waals surface area contributed by atoms with E-state index in [1.54, 1.807) is 50.3 Å². The third kappa shape index (κ3) is 2.03. The Morgan fingerprint density at radius 2 is 1.21 bits per heavy atom. The Balaban J connectivity index is 2.06. The van der Waals surface area contributed by atoms with Gasteiger partial charge < -0.3 is 0 Å². The van der Waals surface area contributed by atoms with Crippen LogP contribution in [0.25, 0.3) is 0 Å². The van der Waals surface area contributed by atoms with E-state index in [4.69, 9.17) is 0 Å². The van der Waals surface area contributed by atoms with Gasteiger partial charge in [0.2, 0.25) is 0 Å². The van der Waals surface area contributed by atoms with Crippen LogP contribution in [0.1, 0.15) is 46.0 Å². The normalized spacial score (nSPS) is 26.1. The zero-order valence-corrected chi connectivity index (χ0v) is 11.5. The molecule has 2 aliphatic heterocycles. The summed E-state index contributed by atoms with van der Waals surface area (Å²) in [6.07, 6.45) is 14.1. The molecule has 0 radical (unpaired) electrons. The molecule has 0 spiro atoms. The highest BCUT2D eigenvalue weighted by atomic mass is 31.2. The first-order chi connectivity index (χ1) is 6.77. The van der Waals surface area contributed by atoms with Crippen LogP contribution in [-0.4, -0.2) is 29.5 Å². The van der Waals surface area contributed by atoms with Crippen molar-refractivity contribution in [3.63, 3.8) is 0 Å². The number of hydrogen-bond acceptors (Lipinski definition) is 0. The van der Waals surface area contributed by atoms with Crippen molar-refractivity contribution in [3.8, 4) is 0 Å². The second-order valence-electron chi connectivity index (χ2n) is 4.96. The van der Waals surface area contributed by atoms with E-state index in [0.29, 0.717) is 15.8 Å². The van der Waals surface area contributed by atoms with Crippen LogP contribution in [0.15, 0.2) is 0 Å². The maximum atomic E-state index is 2.65. The highest BCUT2D eigenvalue weighted by Crippen LogP contribution is 2.72. The molecular formula is C12H24P2. The van der Waals surface area contributed by atoms with E-state index in [2.05, 4.69) is 13.8 Å². The van der Waals surface area contributed by atoms with Gasteiger partial charge in [0.1, 0.15) is 0 Å². The lowest BCUT2D eigenvalue weighted by molar-refractivity contribution is 0.815. The Bertz CT molecular complexity index is 163. The first-order valence-corrected chi connectivity index (χ1v) is 9.70. The molecular weight excluding hydrogens is 206 g/mol. The van der Waals surface area contributed by atoms with Crippen LogP contribution in [0.3, 0.4) is 0 Å². The van der Waals surface area contributed by atoms with Gasteiger partial charge in [0, 0.05) is 4.90 Å². The van der Waals surface area contributed by atoms with E-state index in [0.717, 1.165) is 4.90 Å². The molecule has 0 aromatic rings. The molecule has 0 amide bonds. The van der Waals surface area contributed by atoms with Crippen LogP contribution in [0.4, 0.5) is 0 Å². The second-order valence-corrected chi connectivity index (χ2v) is 11.2. The summed E-state index contributed by atoms with van der Waals surface area (Å²) in [7, 11) is 0.854. The van der Waals surface area contributed by atoms with E-state index in [1.807, 2.05) is 0 Å². The third-order valence-corrected chi connectivity index (χ3v) is 12.7. The lowest BCUT2D eigenvalue weighted by atomic mass is 10.4. The largest absolute Gasteiger partial charge is 0.0962 e. The van der Waals surface area contributed by atoms with Crippen LogP contribution >= 0.6 is 15.8 Å². The number of rotatable bonds is 3. The molecule has 0 bridgehead atoms. The number of hydrogen-bond donors (Lipinski definition) is 0. The van der Waals surface area contributed by atoms with Gasteiger partial charge in [-0.3, -0.25) is 0 Å². The van der Waals surface area contributed by atoms with Crippen LogP contribution in [0, 0.1) is 0 Å². The fourth-order valence-corrected chi connectivity index (χ4v) is 11.5. The van der Waals surface area contributed by atoms with Crippen molar-refractivity contribution in [2.45, 2.75) is 50.8 Å². The lowest BCUT2D eigenvalue weighted by Gasteiger charge is -2.41. The van der Waals surface area contributed by atoms with Gasteiger partial charge in [0.15, 0.2) is 0 Å². The Hall–Kier alpha value is 0.860. The molecule has 2 aliphatic rings. The minimum atomic E-state index is 0.427. The van der Waals surface area contributed by atoms with E-state index in [-0.39, 0.29) is 0 Å². The average molecular weight is 230 g/mol. The minimum Gasteiger partial charge on any atom is -0.0962 e. The van der Waals surface area contributed by atoms with E-state index in [1.165, 1.54) is 6.42 Å². The van der Waals surface area contributed by atoms with Crippen molar-refractivity contribution in [2.24, 2.45) is 0 Å². The van der Waals surface area contributed by atoms with Crippen molar-refractivity contribution < 1.29 is 0 Å². The van der Waals surface area contributed by atoms with Crippen LogP contribution in [0.5, 0.6) is 0 Å². The Morgan fingerprint density at radius 3 is 1.50 bits per heavy atom. The summed E-state index contributed by atoms with van der Waals surface area (Å²) < 4.78 is 0. The molecule has 14 heavy (non-hydrogen) atoms. The zero-order chi connectivity index (χ0) is 10.0. The van der Waals surface area contributed by atoms with E-state index < -0.39 is 0 Å². The summed E-state index contributed by atoms with van der Waals surface area (Å²) >= 11 is 0. The zero-order valence-electron chi connectivity index (χ0n) is 9.76. The average Bonchev–Trinajstić information content (AvgIpc) is 2.88. The smallest absolute Gasteiger partial charge is 0.00753 e. The standard InChI is InChI=1S/C12H24P2/c1-3-12(2,13-8-4-5-9-13)14-10-6-7-11-14/h3-11H2,1-2H3. The summed E-state index contributed by atoms with van der Waals surface area (Å²) in [6, 6.07) is 0. The Kier molecular flexibility index (Phi) is 3.89. The molecule has 2 fully saturated rings. The molecule has 0 N–H and O–H groups in total. The van der Waals surface area contributed by atoms with Gasteiger partial charge in [-0.25, -0.2) is 0 Å². The highest BCUT2D eigenvalue weighted by Gasteiger charge is 2.41. The monoisotopic (exact) mass is 230 g/mol. The van der Waals surface area contributed by atoms with Crippen molar-refractivity contribution in [2.75, 3.05) is 24.6 Å². The minimum absolute atomic E-state index is 0.427. The summed E-state index contributed by atoms with van der Waals surface area (Å²) in [4.78, 5) is 0.831. The van der Waals surface area contributed by atoms with Crippen molar-refractivity contribution in [1.29, 1.82) is 0 Å². The topological polar surface area (TPSA) is 0 Å².